The number of hydrogen-bond acceptors (Lipinski definition) is 4. The molecule has 0 aromatic carbocycles. The summed E-state index contributed by atoms with van der Waals surface area (Å²) >= 11 is 0. The minimum Gasteiger partial charge on any atom is -0.484 e. The van der Waals surface area contributed by atoms with Crippen LogP contribution in [0.3, 0.4) is 0 Å². The van der Waals surface area contributed by atoms with Gasteiger partial charge in [0.05, 0.1) is 12.1 Å². The molecular formula is C8H12N2O4. The van der Waals surface area contributed by atoms with Crippen molar-refractivity contribution in [1.82, 2.24) is 5.32 Å². The number of carbonyl (C=O) groups is 2. The normalized spacial score (nSPS) is 26.0. The predicted molar refractivity (Wildman–Crippen MR) is 47.3 cm³/mol. The van der Waals surface area contributed by atoms with Crippen molar-refractivity contribution >= 4 is 11.9 Å². The van der Waals surface area contributed by atoms with E-state index in [0.29, 0.717) is 0 Å². The third-order valence-corrected chi connectivity index (χ3v) is 1.83. The summed E-state index contributed by atoms with van der Waals surface area (Å²) in [5.74, 6) is -1.54. The lowest BCUT2D eigenvalue weighted by Crippen LogP contribution is -2.51. The molecule has 0 unspecified atom stereocenters. The molecule has 78 valence electrons. The van der Waals surface area contributed by atoms with Gasteiger partial charge >= 0.3 is 5.97 Å². The van der Waals surface area contributed by atoms with Crippen LogP contribution in [0.1, 0.15) is 6.92 Å². The highest BCUT2D eigenvalue weighted by Gasteiger charge is 2.26. The van der Waals surface area contributed by atoms with Crippen LogP contribution in [0.2, 0.25) is 0 Å². The fourth-order valence-electron chi connectivity index (χ4n) is 1.16. The average Bonchev–Trinajstić information content (AvgIpc) is 2.07. The van der Waals surface area contributed by atoms with Crippen LogP contribution in [0.15, 0.2) is 11.8 Å². The third kappa shape index (κ3) is 2.46. The first-order valence-electron chi connectivity index (χ1n) is 4.11. The lowest BCUT2D eigenvalue weighted by molar-refractivity contribution is -0.137. The van der Waals surface area contributed by atoms with E-state index in [1.54, 1.807) is 0 Å². The topological polar surface area (TPSA) is 102 Å². The Morgan fingerprint density at radius 2 is 2.36 bits per heavy atom. The van der Waals surface area contributed by atoms with Gasteiger partial charge in [-0.15, -0.1) is 0 Å². The Kier molecular flexibility index (Phi) is 3.08. The van der Waals surface area contributed by atoms with Gasteiger partial charge in [-0.3, -0.25) is 4.79 Å². The second-order valence-electron chi connectivity index (χ2n) is 3.03. The third-order valence-electron chi connectivity index (χ3n) is 1.83. The average molecular weight is 200 g/mol. The number of ether oxygens (including phenoxy) is 1. The molecule has 6 heteroatoms. The quantitative estimate of drug-likeness (QED) is 0.520. The summed E-state index contributed by atoms with van der Waals surface area (Å²) < 4.78 is 4.89. The molecule has 6 nitrogen and oxygen atoms in total. The number of carboxylic acid groups (broad SMARTS) is 1. The number of nitrogens with two attached hydrogens (primary N) is 1. The van der Waals surface area contributed by atoms with Gasteiger partial charge in [-0.1, -0.05) is 0 Å². The lowest BCUT2D eigenvalue weighted by atomic mass is 10.1. The lowest BCUT2D eigenvalue weighted by Gasteiger charge is -2.27. The zero-order valence-corrected chi connectivity index (χ0v) is 7.69. The van der Waals surface area contributed by atoms with Crippen molar-refractivity contribution in [3.63, 3.8) is 0 Å². The molecule has 0 radical (unpaired) electrons. The summed E-state index contributed by atoms with van der Waals surface area (Å²) in [6.07, 6.45) is 1.28. The van der Waals surface area contributed by atoms with Crippen molar-refractivity contribution in [3.8, 4) is 0 Å². The van der Waals surface area contributed by atoms with Crippen molar-refractivity contribution in [2.45, 2.75) is 19.0 Å². The minimum absolute atomic E-state index is 0.0822. The maximum Gasteiger partial charge on any atom is 0.370 e. The molecular weight excluding hydrogens is 188 g/mol. The van der Waals surface area contributed by atoms with E-state index in [1.807, 2.05) is 0 Å². The molecule has 0 bridgehead atoms. The Morgan fingerprint density at radius 3 is 2.79 bits per heavy atom. The molecule has 1 amide bonds. The number of rotatable bonds is 2. The summed E-state index contributed by atoms with van der Waals surface area (Å²) in [4.78, 5) is 21.2. The standard InChI is InChI=1S/C8H12N2O4/c1-4(11)10-6-3-14-7(8(12)13)2-5(6)9/h2,5-6H,3,9H2,1H3,(H,10,11)(H,12,13)/t5-,6-/m0/s1. The summed E-state index contributed by atoms with van der Waals surface area (Å²) in [6.45, 7) is 1.45. The van der Waals surface area contributed by atoms with E-state index in [-0.39, 0.29) is 24.3 Å². The Morgan fingerprint density at radius 1 is 1.71 bits per heavy atom. The van der Waals surface area contributed by atoms with Crippen LogP contribution in [-0.4, -0.2) is 35.7 Å². The highest BCUT2D eigenvalue weighted by Crippen LogP contribution is 2.10. The minimum atomic E-state index is -1.15. The first-order valence-corrected chi connectivity index (χ1v) is 4.11. The first kappa shape index (κ1) is 10.5. The number of hydrogen-bond donors (Lipinski definition) is 3. The Hall–Kier alpha value is -1.56. The van der Waals surface area contributed by atoms with Crippen molar-refractivity contribution < 1.29 is 19.4 Å². The zero-order valence-electron chi connectivity index (χ0n) is 7.69. The van der Waals surface area contributed by atoms with Crippen LogP contribution in [0.4, 0.5) is 0 Å². The number of aliphatic carboxylic acids is 1. The van der Waals surface area contributed by atoms with Gasteiger partial charge < -0.3 is 20.9 Å². The van der Waals surface area contributed by atoms with Crippen molar-refractivity contribution in [1.29, 1.82) is 0 Å². The monoisotopic (exact) mass is 200 g/mol. The first-order chi connectivity index (χ1) is 6.50. The largest absolute Gasteiger partial charge is 0.484 e. The van der Waals surface area contributed by atoms with Gasteiger partial charge in [0.2, 0.25) is 11.7 Å². The van der Waals surface area contributed by atoms with Crippen LogP contribution in [0, 0.1) is 0 Å². The van der Waals surface area contributed by atoms with E-state index in [1.165, 1.54) is 13.0 Å². The molecule has 1 aliphatic rings. The zero-order chi connectivity index (χ0) is 10.7. The van der Waals surface area contributed by atoms with E-state index in [2.05, 4.69) is 5.32 Å². The van der Waals surface area contributed by atoms with Gasteiger partial charge in [0.25, 0.3) is 0 Å². The molecule has 1 heterocycles. The number of carbonyl (C=O) groups excluding carboxylic acids is 1. The highest BCUT2D eigenvalue weighted by molar-refractivity contribution is 5.84. The maximum atomic E-state index is 10.7. The van der Waals surface area contributed by atoms with Crippen molar-refractivity contribution in [2.24, 2.45) is 5.73 Å². The molecule has 0 aliphatic carbocycles. The Bertz CT molecular complexity index is 287. The van der Waals surface area contributed by atoms with E-state index in [9.17, 15) is 9.59 Å². The van der Waals surface area contributed by atoms with Gasteiger partial charge in [-0.25, -0.2) is 4.79 Å². The van der Waals surface area contributed by atoms with Gasteiger partial charge in [0.15, 0.2) is 0 Å². The molecule has 0 aromatic rings. The van der Waals surface area contributed by atoms with Gasteiger partial charge in [0.1, 0.15) is 6.61 Å². The van der Waals surface area contributed by atoms with Gasteiger partial charge in [-0.2, -0.15) is 0 Å². The maximum absolute atomic E-state index is 10.7. The van der Waals surface area contributed by atoms with E-state index in [4.69, 9.17) is 15.6 Å². The summed E-state index contributed by atoms with van der Waals surface area (Å²) in [5.41, 5.74) is 5.62. The second-order valence-corrected chi connectivity index (χ2v) is 3.03. The highest BCUT2D eigenvalue weighted by atomic mass is 16.5. The van der Waals surface area contributed by atoms with E-state index >= 15 is 0 Å². The number of nitrogens with one attached hydrogen (secondary N) is 1. The SMILES string of the molecule is CC(=O)N[C@H]1COC(C(=O)O)=C[C@@H]1N. The molecule has 0 aromatic heterocycles. The molecule has 1 rings (SSSR count). The molecule has 0 fully saturated rings. The summed E-state index contributed by atoms with van der Waals surface area (Å²) in [5, 5.41) is 11.2. The van der Waals surface area contributed by atoms with Gasteiger partial charge in [-0.05, 0) is 6.08 Å². The van der Waals surface area contributed by atoms with E-state index < -0.39 is 12.0 Å². The predicted octanol–water partition coefficient (Wildman–Crippen LogP) is -1.18. The Balaban J connectivity index is 2.64. The summed E-state index contributed by atoms with van der Waals surface area (Å²) in [6, 6.07) is -0.894. The van der Waals surface area contributed by atoms with E-state index in [0.717, 1.165) is 0 Å². The second kappa shape index (κ2) is 4.10. The molecule has 0 spiro atoms. The molecule has 0 saturated carbocycles. The molecule has 4 N–H and O–H groups in total. The molecule has 0 saturated heterocycles. The molecule has 2 atom stereocenters. The van der Waals surface area contributed by atoms with Crippen molar-refractivity contribution in [2.75, 3.05) is 6.61 Å². The van der Waals surface area contributed by atoms with Gasteiger partial charge in [0, 0.05) is 6.92 Å². The van der Waals surface area contributed by atoms with Crippen LogP contribution >= 0.6 is 0 Å². The Labute approximate surface area is 80.7 Å². The number of amides is 1. The van der Waals surface area contributed by atoms with Crippen LogP contribution in [-0.2, 0) is 14.3 Å². The van der Waals surface area contributed by atoms with Crippen LogP contribution in [0.5, 0.6) is 0 Å². The van der Waals surface area contributed by atoms with Crippen molar-refractivity contribution in [3.05, 3.63) is 11.8 Å². The molecule has 14 heavy (non-hydrogen) atoms. The molecule has 1 aliphatic heterocycles. The van der Waals surface area contributed by atoms with Crippen LogP contribution in [0.25, 0.3) is 0 Å². The number of carboxylic acids is 1. The van der Waals surface area contributed by atoms with Crippen LogP contribution < -0.4 is 11.1 Å². The smallest absolute Gasteiger partial charge is 0.370 e. The summed E-state index contributed by atoms with van der Waals surface area (Å²) in [7, 11) is 0. The fraction of sp³-hybridized carbons (Fsp3) is 0.500. The fourth-order valence-corrected chi connectivity index (χ4v) is 1.16.